The van der Waals surface area contributed by atoms with Crippen molar-refractivity contribution in [3.63, 3.8) is 0 Å². The summed E-state index contributed by atoms with van der Waals surface area (Å²) in [7, 11) is 0. The summed E-state index contributed by atoms with van der Waals surface area (Å²) in [6, 6.07) is 0. The smallest absolute Gasteiger partial charge is 0.243 e. The van der Waals surface area contributed by atoms with Crippen LogP contribution in [0.25, 0.3) is 0 Å². The highest BCUT2D eigenvalue weighted by Gasteiger charge is 2.13. The lowest BCUT2D eigenvalue weighted by Crippen LogP contribution is -2.26. The van der Waals surface area contributed by atoms with Crippen LogP contribution < -0.4 is 10.6 Å². The molecule has 0 spiro atoms. The standard InChI is InChI=1S/C6H6N2OS/c9-6-1-7-4-2-10-3-5(4)8-6/h2-3,7H,1H2,(H,8,9). The summed E-state index contributed by atoms with van der Waals surface area (Å²) < 4.78 is 0. The number of hydrogen-bond donors (Lipinski definition) is 2. The lowest BCUT2D eigenvalue weighted by molar-refractivity contribution is -0.114. The van der Waals surface area contributed by atoms with Crippen molar-refractivity contribution in [1.82, 2.24) is 0 Å². The van der Waals surface area contributed by atoms with Crippen LogP contribution in [0.2, 0.25) is 0 Å². The van der Waals surface area contributed by atoms with Crippen molar-refractivity contribution in [3.8, 4) is 0 Å². The van der Waals surface area contributed by atoms with E-state index in [9.17, 15) is 4.79 Å². The van der Waals surface area contributed by atoms with Crippen LogP contribution in [0.5, 0.6) is 0 Å². The predicted molar refractivity (Wildman–Crippen MR) is 41.4 cm³/mol. The van der Waals surface area contributed by atoms with E-state index in [0.717, 1.165) is 11.4 Å². The highest BCUT2D eigenvalue weighted by Crippen LogP contribution is 2.28. The van der Waals surface area contributed by atoms with Gasteiger partial charge in [0.25, 0.3) is 0 Å². The van der Waals surface area contributed by atoms with Crippen LogP contribution in [0.15, 0.2) is 10.8 Å². The Morgan fingerprint density at radius 2 is 2.20 bits per heavy atom. The first kappa shape index (κ1) is 5.73. The average Bonchev–Trinajstić information content (AvgIpc) is 2.33. The Hall–Kier alpha value is -1.03. The number of carbonyl (C=O) groups excluding carboxylic acids is 1. The molecule has 4 heteroatoms. The van der Waals surface area contributed by atoms with E-state index >= 15 is 0 Å². The first-order valence-corrected chi connectivity index (χ1v) is 3.90. The molecule has 0 aliphatic carbocycles. The van der Waals surface area contributed by atoms with E-state index in [1.165, 1.54) is 0 Å². The van der Waals surface area contributed by atoms with Gasteiger partial charge in [-0.25, -0.2) is 0 Å². The average molecular weight is 154 g/mol. The number of anilines is 2. The van der Waals surface area contributed by atoms with Gasteiger partial charge in [-0.1, -0.05) is 0 Å². The van der Waals surface area contributed by atoms with Crippen LogP contribution in [0.4, 0.5) is 11.4 Å². The van der Waals surface area contributed by atoms with E-state index in [4.69, 9.17) is 0 Å². The van der Waals surface area contributed by atoms with Gasteiger partial charge in [-0.05, 0) is 0 Å². The lowest BCUT2D eigenvalue weighted by Gasteiger charge is -2.13. The van der Waals surface area contributed by atoms with Gasteiger partial charge >= 0.3 is 0 Å². The quantitative estimate of drug-likeness (QED) is 0.587. The fraction of sp³-hybridized carbons (Fsp3) is 0.167. The molecule has 0 aromatic carbocycles. The number of nitrogens with one attached hydrogen (secondary N) is 2. The summed E-state index contributed by atoms with van der Waals surface area (Å²) >= 11 is 1.58. The van der Waals surface area contributed by atoms with Gasteiger partial charge in [0, 0.05) is 10.8 Å². The second-order valence-electron chi connectivity index (χ2n) is 2.10. The summed E-state index contributed by atoms with van der Waals surface area (Å²) in [5.41, 5.74) is 1.94. The molecule has 2 rings (SSSR count). The number of amides is 1. The molecule has 0 fully saturated rings. The molecule has 2 N–H and O–H groups in total. The first-order valence-electron chi connectivity index (χ1n) is 2.96. The van der Waals surface area contributed by atoms with Crippen molar-refractivity contribution in [3.05, 3.63) is 10.8 Å². The zero-order valence-corrected chi connectivity index (χ0v) is 5.99. The minimum atomic E-state index is 0.0332. The molecule has 1 aromatic rings. The van der Waals surface area contributed by atoms with E-state index < -0.39 is 0 Å². The highest BCUT2D eigenvalue weighted by molar-refractivity contribution is 7.09. The number of rotatable bonds is 0. The highest BCUT2D eigenvalue weighted by atomic mass is 32.1. The largest absolute Gasteiger partial charge is 0.374 e. The van der Waals surface area contributed by atoms with Gasteiger partial charge in [0.05, 0.1) is 17.9 Å². The zero-order valence-electron chi connectivity index (χ0n) is 5.18. The van der Waals surface area contributed by atoms with Crippen LogP contribution >= 0.6 is 11.3 Å². The summed E-state index contributed by atoms with van der Waals surface area (Å²) in [6.45, 7) is 0.393. The van der Waals surface area contributed by atoms with Crippen molar-refractivity contribution in [2.75, 3.05) is 17.2 Å². The molecule has 3 nitrogen and oxygen atoms in total. The molecule has 1 aliphatic heterocycles. The third kappa shape index (κ3) is 0.769. The summed E-state index contributed by atoms with van der Waals surface area (Å²) in [5.74, 6) is 0.0332. The Kier molecular flexibility index (Phi) is 1.14. The van der Waals surface area contributed by atoms with E-state index in [-0.39, 0.29) is 5.91 Å². The van der Waals surface area contributed by atoms with E-state index in [1.807, 2.05) is 10.8 Å². The van der Waals surface area contributed by atoms with E-state index in [2.05, 4.69) is 10.6 Å². The molecule has 0 unspecified atom stereocenters. The maximum Gasteiger partial charge on any atom is 0.243 e. The van der Waals surface area contributed by atoms with E-state index in [0.29, 0.717) is 6.54 Å². The van der Waals surface area contributed by atoms with Crippen molar-refractivity contribution >= 4 is 28.6 Å². The molecule has 1 amide bonds. The van der Waals surface area contributed by atoms with E-state index in [1.54, 1.807) is 11.3 Å². The number of hydrogen-bond acceptors (Lipinski definition) is 3. The normalized spacial score (nSPS) is 15.4. The Bertz CT molecular complexity index is 268. The number of fused-ring (bicyclic) bond motifs is 1. The van der Waals surface area contributed by atoms with Gasteiger partial charge in [-0.3, -0.25) is 4.79 Å². The molecule has 1 aliphatic rings. The number of carbonyl (C=O) groups is 1. The molecule has 0 radical (unpaired) electrons. The maximum absolute atomic E-state index is 10.8. The van der Waals surface area contributed by atoms with Gasteiger partial charge in [0.2, 0.25) is 5.91 Å². The summed E-state index contributed by atoms with van der Waals surface area (Å²) in [5, 5.41) is 9.64. The molecule has 1 aromatic heterocycles. The summed E-state index contributed by atoms with van der Waals surface area (Å²) in [4.78, 5) is 10.8. The SMILES string of the molecule is O=C1CNc2cscc2N1. The minimum Gasteiger partial charge on any atom is -0.374 e. The molecular formula is C6H6N2OS. The topological polar surface area (TPSA) is 41.1 Å². The van der Waals surface area contributed by atoms with Crippen LogP contribution in [0, 0.1) is 0 Å². The second kappa shape index (κ2) is 1.98. The molecule has 10 heavy (non-hydrogen) atoms. The van der Waals surface area contributed by atoms with Crippen LogP contribution in [-0.2, 0) is 4.79 Å². The van der Waals surface area contributed by atoms with Crippen LogP contribution in [0.1, 0.15) is 0 Å². The lowest BCUT2D eigenvalue weighted by atomic mass is 10.3. The van der Waals surface area contributed by atoms with Crippen molar-refractivity contribution in [1.29, 1.82) is 0 Å². The minimum absolute atomic E-state index is 0.0332. The Balaban J connectivity index is 2.39. The molecule has 52 valence electrons. The fourth-order valence-electron chi connectivity index (χ4n) is 0.901. The molecule has 0 atom stereocenters. The zero-order chi connectivity index (χ0) is 6.97. The third-order valence-electron chi connectivity index (χ3n) is 1.38. The molecule has 2 heterocycles. The number of thiophene rings is 1. The predicted octanol–water partition coefficient (Wildman–Crippen LogP) is 1.11. The first-order chi connectivity index (χ1) is 4.86. The second-order valence-corrected chi connectivity index (χ2v) is 2.84. The molecule has 0 bridgehead atoms. The van der Waals surface area contributed by atoms with Gasteiger partial charge in [-0.2, -0.15) is 0 Å². The van der Waals surface area contributed by atoms with Crippen molar-refractivity contribution in [2.45, 2.75) is 0 Å². The van der Waals surface area contributed by atoms with Gasteiger partial charge in [0.15, 0.2) is 0 Å². The Morgan fingerprint density at radius 3 is 3.10 bits per heavy atom. The van der Waals surface area contributed by atoms with Crippen molar-refractivity contribution < 1.29 is 4.79 Å². The fourth-order valence-corrected chi connectivity index (χ4v) is 1.64. The van der Waals surface area contributed by atoms with Gasteiger partial charge in [0.1, 0.15) is 0 Å². The maximum atomic E-state index is 10.8. The van der Waals surface area contributed by atoms with Crippen LogP contribution in [-0.4, -0.2) is 12.5 Å². The van der Waals surface area contributed by atoms with Crippen LogP contribution in [0.3, 0.4) is 0 Å². The molecule has 0 saturated heterocycles. The Labute approximate surface area is 62.1 Å². The third-order valence-corrected chi connectivity index (χ3v) is 2.12. The molecular weight excluding hydrogens is 148 g/mol. The molecule has 0 saturated carbocycles. The van der Waals surface area contributed by atoms with Gasteiger partial charge < -0.3 is 10.6 Å². The Morgan fingerprint density at radius 1 is 1.40 bits per heavy atom. The summed E-state index contributed by atoms with van der Waals surface area (Å²) in [6.07, 6.45) is 0. The van der Waals surface area contributed by atoms with Crippen molar-refractivity contribution in [2.24, 2.45) is 0 Å². The van der Waals surface area contributed by atoms with Gasteiger partial charge in [-0.15, -0.1) is 11.3 Å². The monoisotopic (exact) mass is 154 g/mol.